The summed E-state index contributed by atoms with van der Waals surface area (Å²) >= 11 is 0. The largest absolute Gasteiger partial charge is 0.345 e. The van der Waals surface area contributed by atoms with E-state index in [1.165, 1.54) is 4.68 Å². The van der Waals surface area contributed by atoms with Gasteiger partial charge in [-0.3, -0.25) is 19.0 Å². The average molecular weight is 424 g/mol. The van der Waals surface area contributed by atoms with Crippen molar-refractivity contribution in [1.29, 1.82) is 0 Å². The van der Waals surface area contributed by atoms with E-state index in [0.717, 1.165) is 5.69 Å². The Morgan fingerprint density at radius 1 is 1.00 bits per heavy atom. The second-order valence-corrected chi connectivity index (χ2v) is 7.43. The molecule has 0 radical (unpaired) electrons. The second kappa shape index (κ2) is 8.07. The molecule has 0 saturated heterocycles. The number of nitrogens with one attached hydrogen (secondary N) is 1. The van der Waals surface area contributed by atoms with Gasteiger partial charge in [-0.15, -0.1) is 0 Å². The molecular formula is C24H20N6O2. The Kier molecular flexibility index (Phi) is 4.95. The highest BCUT2D eigenvalue weighted by atomic mass is 16.2. The minimum absolute atomic E-state index is 0.168. The first-order valence-electron chi connectivity index (χ1n) is 10.2. The maximum absolute atomic E-state index is 13.0. The normalized spacial score (nSPS) is 11.2. The minimum Gasteiger partial charge on any atom is -0.345 e. The van der Waals surface area contributed by atoms with Gasteiger partial charge in [0.15, 0.2) is 0 Å². The van der Waals surface area contributed by atoms with Crippen LogP contribution in [0.2, 0.25) is 0 Å². The third-order valence-electron chi connectivity index (χ3n) is 5.32. The fraction of sp³-hybridized carbons (Fsp3) is 0.125. The first kappa shape index (κ1) is 19.6. The molecule has 4 heterocycles. The number of carbonyl (C=O) groups excluding carboxylic acids is 1. The predicted molar refractivity (Wildman–Crippen MR) is 120 cm³/mol. The van der Waals surface area contributed by atoms with Gasteiger partial charge in [-0.25, -0.2) is 9.67 Å². The summed E-state index contributed by atoms with van der Waals surface area (Å²) < 4.78 is 3.16. The molecule has 5 aromatic rings. The Hall–Kier alpha value is -4.33. The molecule has 0 aliphatic rings. The van der Waals surface area contributed by atoms with Gasteiger partial charge in [0.05, 0.1) is 35.6 Å². The maximum Gasteiger partial charge on any atom is 0.275 e. The fourth-order valence-corrected chi connectivity index (χ4v) is 3.82. The van der Waals surface area contributed by atoms with Crippen molar-refractivity contribution in [3.8, 4) is 0 Å². The summed E-state index contributed by atoms with van der Waals surface area (Å²) in [4.78, 5) is 34.7. The molecule has 32 heavy (non-hydrogen) atoms. The highest BCUT2D eigenvalue weighted by Crippen LogP contribution is 2.15. The number of rotatable bonds is 5. The standard InChI is InChI=1S/C24H20N6O2/c1-16-22(29-13-7-5-11-21(29)27-16)23(31)26-14-20-18-9-2-3-10-19(18)24(32)30(28-20)15-17-8-4-6-12-25-17/h2-13H,14-15H2,1H3,(H,26,31). The minimum atomic E-state index is -0.255. The molecule has 0 fully saturated rings. The molecule has 4 aromatic heterocycles. The van der Waals surface area contributed by atoms with Crippen LogP contribution in [0, 0.1) is 6.92 Å². The first-order chi connectivity index (χ1) is 15.6. The van der Waals surface area contributed by atoms with E-state index < -0.39 is 0 Å². The number of pyridine rings is 2. The zero-order valence-corrected chi connectivity index (χ0v) is 17.4. The number of aryl methyl sites for hydroxylation is 1. The van der Waals surface area contributed by atoms with Gasteiger partial charge in [-0.2, -0.15) is 5.10 Å². The molecule has 0 aliphatic heterocycles. The molecule has 0 atom stereocenters. The number of hydrogen-bond donors (Lipinski definition) is 1. The van der Waals surface area contributed by atoms with Crippen LogP contribution < -0.4 is 10.9 Å². The number of aromatic nitrogens is 5. The van der Waals surface area contributed by atoms with Gasteiger partial charge in [0.25, 0.3) is 11.5 Å². The predicted octanol–water partition coefficient (Wildman–Crippen LogP) is 2.73. The topological polar surface area (TPSA) is 94.2 Å². The lowest BCUT2D eigenvalue weighted by Gasteiger charge is -2.12. The molecule has 158 valence electrons. The maximum atomic E-state index is 13.0. The zero-order valence-electron chi connectivity index (χ0n) is 17.4. The zero-order chi connectivity index (χ0) is 22.1. The third-order valence-corrected chi connectivity index (χ3v) is 5.32. The molecule has 0 saturated carbocycles. The van der Waals surface area contributed by atoms with Crippen molar-refractivity contribution in [3.05, 3.63) is 106 Å². The highest BCUT2D eigenvalue weighted by Gasteiger charge is 2.17. The quantitative estimate of drug-likeness (QED) is 0.468. The van der Waals surface area contributed by atoms with Crippen molar-refractivity contribution in [2.45, 2.75) is 20.0 Å². The van der Waals surface area contributed by atoms with Crippen LogP contribution in [0.4, 0.5) is 0 Å². The van der Waals surface area contributed by atoms with Gasteiger partial charge in [-0.1, -0.05) is 30.3 Å². The number of benzene rings is 1. The summed E-state index contributed by atoms with van der Waals surface area (Å²) in [6.07, 6.45) is 3.49. The van der Waals surface area contributed by atoms with Crippen molar-refractivity contribution in [2.75, 3.05) is 0 Å². The fourth-order valence-electron chi connectivity index (χ4n) is 3.82. The molecule has 1 N–H and O–H groups in total. The summed E-state index contributed by atoms with van der Waals surface area (Å²) in [5.74, 6) is -0.255. The third kappa shape index (κ3) is 3.51. The molecular weight excluding hydrogens is 404 g/mol. The van der Waals surface area contributed by atoms with Crippen molar-refractivity contribution in [1.82, 2.24) is 29.5 Å². The summed E-state index contributed by atoms with van der Waals surface area (Å²) in [6, 6.07) is 18.4. The van der Waals surface area contributed by atoms with E-state index >= 15 is 0 Å². The van der Waals surface area contributed by atoms with Crippen molar-refractivity contribution in [2.24, 2.45) is 0 Å². The van der Waals surface area contributed by atoms with Crippen molar-refractivity contribution in [3.63, 3.8) is 0 Å². The van der Waals surface area contributed by atoms with Crippen LogP contribution in [-0.2, 0) is 13.1 Å². The van der Waals surface area contributed by atoms with Crippen LogP contribution in [0.25, 0.3) is 16.4 Å². The SMILES string of the molecule is Cc1nc2ccccn2c1C(=O)NCc1nn(Cc2ccccn2)c(=O)c2ccccc12. The van der Waals surface area contributed by atoms with E-state index in [4.69, 9.17) is 0 Å². The van der Waals surface area contributed by atoms with E-state index in [1.54, 1.807) is 16.7 Å². The molecule has 1 aromatic carbocycles. The van der Waals surface area contributed by atoms with E-state index in [1.807, 2.05) is 67.7 Å². The summed E-state index contributed by atoms with van der Waals surface area (Å²) in [5.41, 5.74) is 2.98. The first-order valence-corrected chi connectivity index (χ1v) is 10.2. The molecule has 1 amide bonds. The number of carbonyl (C=O) groups is 1. The summed E-state index contributed by atoms with van der Waals surface area (Å²) in [7, 11) is 0. The lowest BCUT2D eigenvalue weighted by molar-refractivity contribution is 0.0944. The van der Waals surface area contributed by atoms with E-state index in [-0.39, 0.29) is 24.6 Å². The Bertz CT molecular complexity index is 1500. The lowest BCUT2D eigenvalue weighted by Crippen LogP contribution is -2.29. The van der Waals surface area contributed by atoms with Crippen LogP contribution in [0.15, 0.2) is 77.9 Å². The molecule has 8 heteroatoms. The lowest BCUT2D eigenvalue weighted by atomic mass is 10.1. The molecule has 5 rings (SSSR count). The van der Waals surface area contributed by atoms with E-state index in [0.29, 0.717) is 33.5 Å². The Morgan fingerprint density at radius 2 is 1.78 bits per heavy atom. The number of nitrogens with zero attached hydrogens (tertiary/aromatic N) is 5. The Morgan fingerprint density at radius 3 is 2.59 bits per heavy atom. The average Bonchev–Trinajstić information content (AvgIpc) is 3.16. The van der Waals surface area contributed by atoms with Gasteiger partial charge in [-0.05, 0) is 37.3 Å². The van der Waals surface area contributed by atoms with Crippen LogP contribution in [0.3, 0.4) is 0 Å². The van der Waals surface area contributed by atoms with Crippen LogP contribution in [0.5, 0.6) is 0 Å². The number of fused-ring (bicyclic) bond motifs is 2. The molecule has 0 spiro atoms. The molecule has 0 bridgehead atoms. The van der Waals surface area contributed by atoms with Crippen molar-refractivity contribution < 1.29 is 4.79 Å². The van der Waals surface area contributed by atoms with Crippen LogP contribution >= 0.6 is 0 Å². The van der Waals surface area contributed by atoms with Gasteiger partial charge in [0.2, 0.25) is 0 Å². The van der Waals surface area contributed by atoms with Gasteiger partial charge >= 0.3 is 0 Å². The van der Waals surface area contributed by atoms with Crippen LogP contribution in [-0.4, -0.2) is 30.1 Å². The van der Waals surface area contributed by atoms with E-state index in [9.17, 15) is 9.59 Å². The number of hydrogen-bond acceptors (Lipinski definition) is 5. The Balaban J connectivity index is 1.49. The number of amides is 1. The highest BCUT2D eigenvalue weighted by molar-refractivity contribution is 5.95. The second-order valence-electron chi connectivity index (χ2n) is 7.43. The van der Waals surface area contributed by atoms with E-state index in [2.05, 4.69) is 20.4 Å². The molecule has 0 unspecified atom stereocenters. The molecule has 8 nitrogen and oxygen atoms in total. The summed E-state index contributed by atoms with van der Waals surface area (Å²) in [6.45, 7) is 2.22. The summed E-state index contributed by atoms with van der Waals surface area (Å²) in [5, 5.41) is 8.77. The van der Waals surface area contributed by atoms with Crippen LogP contribution in [0.1, 0.15) is 27.6 Å². The van der Waals surface area contributed by atoms with Gasteiger partial charge < -0.3 is 5.32 Å². The van der Waals surface area contributed by atoms with Gasteiger partial charge in [0.1, 0.15) is 11.3 Å². The Labute approximate surface area is 183 Å². The van der Waals surface area contributed by atoms with Gasteiger partial charge in [0, 0.05) is 17.8 Å². The molecule has 0 aliphatic carbocycles. The smallest absolute Gasteiger partial charge is 0.275 e. The monoisotopic (exact) mass is 424 g/mol. The van der Waals surface area contributed by atoms with Crippen molar-refractivity contribution >= 4 is 22.3 Å². The number of imidazole rings is 1.